The molecule has 0 saturated carbocycles. The van der Waals surface area contributed by atoms with Crippen molar-refractivity contribution in [2.45, 2.75) is 31.4 Å². The molecule has 1 saturated heterocycles. The number of rotatable bonds is 7. The zero-order valence-electron chi connectivity index (χ0n) is 14.8. The molecular formula is C20H22N2O5. The summed E-state index contributed by atoms with van der Waals surface area (Å²) in [5.41, 5.74) is 1.22. The molecule has 1 aliphatic rings. The Morgan fingerprint density at radius 3 is 2.78 bits per heavy atom. The van der Waals surface area contributed by atoms with E-state index in [1.165, 1.54) is 12.1 Å². The van der Waals surface area contributed by atoms with Gasteiger partial charge in [-0.2, -0.15) is 0 Å². The molecule has 1 aromatic heterocycles. The molecule has 0 spiro atoms. The highest BCUT2D eigenvalue weighted by molar-refractivity contribution is 5.87. The summed E-state index contributed by atoms with van der Waals surface area (Å²) in [4.78, 5) is 27.3. The predicted octanol–water partition coefficient (Wildman–Crippen LogP) is 2.07. The topological polar surface area (TPSA) is 97.8 Å². The maximum atomic E-state index is 12.3. The molecule has 0 bridgehead atoms. The second-order valence-electron chi connectivity index (χ2n) is 6.38. The Balaban J connectivity index is 1.54. The third kappa shape index (κ3) is 5.52. The number of benzene rings is 1. The van der Waals surface area contributed by atoms with Gasteiger partial charge in [0.25, 0.3) is 0 Å². The number of aromatic carboxylic acids is 1. The van der Waals surface area contributed by atoms with Crippen LogP contribution >= 0.6 is 0 Å². The van der Waals surface area contributed by atoms with Gasteiger partial charge in [0.1, 0.15) is 11.9 Å². The van der Waals surface area contributed by atoms with Gasteiger partial charge in [0.15, 0.2) is 0 Å². The second kappa shape index (κ2) is 9.14. The average Bonchev–Trinajstić information content (AvgIpc) is 2.69. The number of nitrogens with zero attached hydrogens (tertiary/aromatic N) is 1. The van der Waals surface area contributed by atoms with Gasteiger partial charge in [-0.1, -0.05) is 6.07 Å². The van der Waals surface area contributed by atoms with Gasteiger partial charge in [-0.3, -0.25) is 9.78 Å². The molecule has 0 unspecified atom stereocenters. The van der Waals surface area contributed by atoms with Gasteiger partial charge < -0.3 is 19.9 Å². The molecule has 1 aromatic carbocycles. The molecule has 2 atom stereocenters. The van der Waals surface area contributed by atoms with E-state index in [9.17, 15) is 9.59 Å². The van der Waals surface area contributed by atoms with Crippen molar-refractivity contribution < 1.29 is 24.2 Å². The van der Waals surface area contributed by atoms with Crippen LogP contribution in [0.3, 0.4) is 0 Å². The first-order valence-electron chi connectivity index (χ1n) is 8.88. The molecule has 2 heterocycles. The van der Waals surface area contributed by atoms with Crippen molar-refractivity contribution in [3.05, 3.63) is 59.9 Å². The lowest BCUT2D eigenvalue weighted by atomic mass is 10.0. The van der Waals surface area contributed by atoms with Crippen LogP contribution in [0.15, 0.2) is 48.8 Å². The summed E-state index contributed by atoms with van der Waals surface area (Å²) in [6.07, 6.45) is 4.81. The smallest absolute Gasteiger partial charge is 0.335 e. The summed E-state index contributed by atoms with van der Waals surface area (Å²) in [5, 5.41) is 12.0. The van der Waals surface area contributed by atoms with Crippen LogP contribution in [0.5, 0.6) is 5.75 Å². The fraction of sp³-hybridized carbons (Fsp3) is 0.350. The fourth-order valence-electron chi connectivity index (χ4n) is 2.93. The Labute approximate surface area is 157 Å². The molecule has 7 heteroatoms. The van der Waals surface area contributed by atoms with Crippen LogP contribution in [-0.2, 0) is 16.0 Å². The Hall–Kier alpha value is -2.93. The van der Waals surface area contributed by atoms with Crippen molar-refractivity contribution in [2.75, 3.05) is 13.2 Å². The van der Waals surface area contributed by atoms with Gasteiger partial charge >= 0.3 is 5.97 Å². The van der Waals surface area contributed by atoms with E-state index in [0.29, 0.717) is 38.2 Å². The van der Waals surface area contributed by atoms with E-state index in [4.69, 9.17) is 14.6 Å². The van der Waals surface area contributed by atoms with Crippen LogP contribution in [0.4, 0.5) is 0 Å². The first-order valence-corrected chi connectivity index (χ1v) is 8.88. The van der Waals surface area contributed by atoms with Crippen molar-refractivity contribution in [3.63, 3.8) is 0 Å². The molecule has 27 heavy (non-hydrogen) atoms. The van der Waals surface area contributed by atoms with E-state index in [1.54, 1.807) is 24.5 Å². The van der Waals surface area contributed by atoms with Crippen molar-refractivity contribution in [1.82, 2.24) is 10.3 Å². The molecule has 1 amide bonds. The second-order valence-corrected chi connectivity index (χ2v) is 6.38. The molecule has 142 valence electrons. The number of nitrogens with one attached hydrogen (secondary N) is 1. The summed E-state index contributed by atoms with van der Waals surface area (Å²) in [6, 6.07) is 9.84. The van der Waals surface area contributed by atoms with Gasteiger partial charge in [-0.25, -0.2) is 4.79 Å². The summed E-state index contributed by atoms with van der Waals surface area (Å²) in [5.74, 6) is -0.480. The number of carbonyl (C=O) groups excluding carboxylic acids is 1. The lowest BCUT2D eigenvalue weighted by molar-refractivity contribution is -0.123. The average molecular weight is 370 g/mol. The molecule has 1 aliphatic heterocycles. The lowest BCUT2D eigenvalue weighted by Crippen LogP contribution is -2.51. The largest absolute Gasteiger partial charge is 0.486 e. The van der Waals surface area contributed by atoms with Gasteiger partial charge in [0.2, 0.25) is 5.91 Å². The number of carboxylic acid groups (broad SMARTS) is 1. The van der Waals surface area contributed by atoms with Crippen LogP contribution in [0, 0.1) is 0 Å². The molecular weight excluding hydrogens is 348 g/mol. The van der Waals surface area contributed by atoms with E-state index in [-0.39, 0.29) is 23.6 Å². The van der Waals surface area contributed by atoms with Gasteiger partial charge in [-0.15, -0.1) is 0 Å². The number of carbonyl (C=O) groups is 2. The van der Waals surface area contributed by atoms with Crippen molar-refractivity contribution >= 4 is 11.9 Å². The van der Waals surface area contributed by atoms with E-state index in [2.05, 4.69) is 10.3 Å². The SMILES string of the molecule is O=C(CCc1cccnc1)N[C@@H]1CCOC[C@H]1Oc1ccc(C(=O)O)cc1. The Kier molecular flexibility index (Phi) is 6.38. The zero-order valence-corrected chi connectivity index (χ0v) is 14.8. The molecule has 1 fully saturated rings. The summed E-state index contributed by atoms with van der Waals surface area (Å²) >= 11 is 0. The van der Waals surface area contributed by atoms with Crippen molar-refractivity contribution in [2.24, 2.45) is 0 Å². The summed E-state index contributed by atoms with van der Waals surface area (Å²) in [7, 11) is 0. The van der Waals surface area contributed by atoms with Gasteiger partial charge in [0.05, 0.1) is 18.2 Å². The minimum atomic E-state index is -0.985. The van der Waals surface area contributed by atoms with Crippen molar-refractivity contribution in [1.29, 1.82) is 0 Å². The van der Waals surface area contributed by atoms with E-state index in [0.717, 1.165) is 5.56 Å². The highest BCUT2D eigenvalue weighted by atomic mass is 16.5. The normalized spacial score (nSPS) is 19.3. The minimum Gasteiger partial charge on any atom is -0.486 e. The molecule has 7 nitrogen and oxygen atoms in total. The zero-order chi connectivity index (χ0) is 19.1. The van der Waals surface area contributed by atoms with Gasteiger partial charge in [0, 0.05) is 25.4 Å². The first-order chi connectivity index (χ1) is 13.1. The Morgan fingerprint density at radius 1 is 1.26 bits per heavy atom. The molecule has 0 radical (unpaired) electrons. The minimum absolute atomic E-state index is 0.0411. The van der Waals surface area contributed by atoms with Crippen molar-refractivity contribution in [3.8, 4) is 5.75 Å². The highest BCUT2D eigenvalue weighted by Crippen LogP contribution is 2.19. The molecule has 2 aromatic rings. The first kappa shape index (κ1) is 18.8. The van der Waals surface area contributed by atoms with E-state index in [1.807, 2.05) is 12.1 Å². The number of hydrogen-bond donors (Lipinski definition) is 2. The molecule has 2 N–H and O–H groups in total. The Morgan fingerprint density at radius 2 is 2.07 bits per heavy atom. The number of ether oxygens (including phenoxy) is 2. The third-order valence-electron chi connectivity index (χ3n) is 4.40. The van der Waals surface area contributed by atoms with Crippen LogP contribution in [0.2, 0.25) is 0 Å². The maximum absolute atomic E-state index is 12.3. The predicted molar refractivity (Wildman–Crippen MR) is 97.7 cm³/mol. The van der Waals surface area contributed by atoms with E-state index >= 15 is 0 Å². The number of aromatic nitrogens is 1. The van der Waals surface area contributed by atoms with E-state index < -0.39 is 5.97 Å². The van der Waals surface area contributed by atoms with Crippen LogP contribution in [0.1, 0.15) is 28.8 Å². The quantitative estimate of drug-likeness (QED) is 0.774. The van der Waals surface area contributed by atoms with Crippen LogP contribution in [0.25, 0.3) is 0 Å². The maximum Gasteiger partial charge on any atom is 0.335 e. The standard InChI is InChI=1S/C20H22N2O5/c23-19(8-3-14-2-1-10-21-12-14)22-17-9-11-26-13-18(17)27-16-6-4-15(5-7-16)20(24)25/h1-2,4-7,10,12,17-18H,3,8-9,11,13H2,(H,22,23)(H,24,25)/t17-,18-/m1/s1. The highest BCUT2D eigenvalue weighted by Gasteiger charge is 2.29. The number of amides is 1. The molecule has 0 aliphatic carbocycles. The molecule has 3 rings (SSSR count). The van der Waals surface area contributed by atoms with Crippen LogP contribution in [-0.4, -0.2) is 47.3 Å². The fourth-order valence-corrected chi connectivity index (χ4v) is 2.93. The number of hydrogen-bond acceptors (Lipinski definition) is 5. The summed E-state index contributed by atoms with van der Waals surface area (Å²) < 4.78 is 11.4. The van der Waals surface area contributed by atoms with Crippen LogP contribution < -0.4 is 10.1 Å². The Bertz CT molecular complexity index is 764. The number of carboxylic acids is 1. The number of aryl methyl sites for hydroxylation is 1. The van der Waals surface area contributed by atoms with Gasteiger partial charge in [-0.05, 0) is 48.7 Å². The summed E-state index contributed by atoms with van der Waals surface area (Å²) in [6.45, 7) is 0.930. The lowest BCUT2D eigenvalue weighted by Gasteiger charge is -2.32. The third-order valence-corrected chi connectivity index (χ3v) is 4.40. The number of pyridine rings is 1. The monoisotopic (exact) mass is 370 g/mol.